The highest BCUT2D eigenvalue weighted by atomic mass is 16.2. The number of imidazole rings is 1. The molecule has 0 fully saturated rings. The van der Waals surface area contributed by atoms with Crippen molar-refractivity contribution in [3.05, 3.63) is 102 Å². The Morgan fingerprint density at radius 3 is 2.52 bits per heavy atom. The largest absolute Gasteiger partial charge is 0.347 e. The molecule has 2 N–H and O–H groups in total. The van der Waals surface area contributed by atoms with Crippen molar-refractivity contribution in [2.75, 3.05) is 6.54 Å². The first-order valence-corrected chi connectivity index (χ1v) is 10.6. The molecular weight excluding hydrogens is 416 g/mol. The molecule has 5 rings (SSSR count). The Kier molecular flexibility index (Phi) is 5.55. The van der Waals surface area contributed by atoms with Gasteiger partial charge in [-0.3, -0.25) is 9.59 Å². The summed E-state index contributed by atoms with van der Waals surface area (Å²) in [5.41, 5.74) is 4.10. The topological polar surface area (TPSA) is 93.3 Å². The van der Waals surface area contributed by atoms with E-state index in [1.165, 1.54) is 0 Å². The number of hydrogen-bond acceptors (Lipinski definition) is 4. The summed E-state index contributed by atoms with van der Waals surface area (Å²) >= 11 is 0. The monoisotopic (exact) mass is 438 g/mol. The van der Waals surface area contributed by atoms with Gasteiger partial charge < -0.3 is 15.2 Å². The van der Waals surface area contributed by atoms with E-state index in [-0.39, 0.29) is 24.7 Å². The van der Waals surface area contributed by atoms with E-state index < -0.39 is 5.91 Å². The SMILES string of the molecule is O=C(CNC(=O)c1cc2ccccn2n1)NCc1nc2ccccc2n1Cc1ccccc1. The van der Waals surface area contributed by atoms with Crippen molar-refractivity contribution in [2.45, 2.75) is 13.1 Å². The van der Waals surface area contributed by atoms with Gasteiger partial charge in [0.25, 0.3) is 5.91 Å². The Hall–Kier alpha value is -4.46. The van der Waals surface area contributed by atoms with E-state index in [9.17, 15) is 9.59 Å². The Bertz CT molecular complexity index is 1400. The number of rotatable bonds is 7. The van der Waals surface area contributed by atoms with Gasteiger partial charge in [-0.2, -0.15) is 5.10 Å². The van der Waals surface area contributed by atoms with Gasteiger partial charge in [-0.15, -0.1) is 0 Å². The maximum atomic E-state index is 12.4. The third-order valence-electron chi connectivity index (χ3n) is 5.37. The second kappa shape index (κ2) is 8.96. The highest BCUT2D eigenvalue weighted by Gasteiger charge is 2.14. The molecule has 0 atom stereocenters. The summed E-state index contributed by atoms with van der Waals surface area (Å²) in [5, 5.41) is 9.70. The van der Waals surface area contributed by atoms with Gasteiger partial charge in [0.15, 0.2) is 5.69 Å². The summed E-state index contributed by atoms with van der Waals surface area (Å²) < 4.78 is 3.71. The zero-order valence-corrected chi connectivity index (χ0v) is 17.8. The van der Waals surface area contributed by atoms with E-state index in [2.05, 4.69) is 32.4 Å². The lowest BCUT2D eigenvalue weighted by atomic mass is 10.2. The van der Waals surface area contributed by atoms with Crippen LogP contribution in [0.4, 0.5) is 0 Å². The van der Waals surface area contributed by atoms with E-state index in [1.54, 1.807) is 16.8 Å². The normalized spacial score (nSPS) is 11.0. The predicted octanol–water partition coefficient (Wildman–Crippen LogP) is 2.78. The molecule has 33 heavy (non-hydrogen) atoms. The highest BCUT2D eigenvalue weighted by Crippen LogP contribution is 2.18. The summed E-state index contributed by atoms with van der Waals surface area (Å²) in [6.45, 7) is 0.757. The number of amides is 2. The lowest BCUT2D eigenvalue weighted by molar-refractivity contribution is -0.120. The van der Waals surface area contributed by atoms with Gasteiger partial charge in [0, 0.05) is 12.7 Å². The predicted molar refractivity (Wildman–Crippen MR) is 125 cm³/mol. The van der Waals surface area contributed by atoms with Crippen LogP contribution in [-0.2, 0) is 17.9 Å². The maximum absolute atomic E-state index is 12.4. The van der Waals surface area contributed by atoms with Crippen molar-refractivity contribution in [3.63, 3.8) is 0 Å². The molecule has 0 aliphatic carbocycles. The van der Waals surface area contributed by atoms with Gasteiger partial charge >= 0.3 is 0 Å². The van der Waals surface area contributed by atoms with Crippen LogP contribution in [0.1, 0.15) is 21.9 Å². The van der Waals surface area contributed by atoms with Gasteiger partial charge in [0.2, 0.25) is 5.91 Å². The Morgan fingerprint density at radius 1 is 0.879 bits per heavy atom. The lowest BCUT2D eigenvalue weighted by Gasteiger charge is -2.11. The summed E-state index contributed by atoms with van der Waals surface area (Å²) in [4.78, 5) is 29.5. The molecule has 8 heteroatoms. The first-order chi connectivity index (χ1) is 16.2. The van der Waals surface area contributed by atoms with E-state index in [1.807, 2.05) is 60.7 Å². The number of benzene rings is 2. The van der Waals surface area contributed by atoms with Crippen molar-refractivity contribution < 1.29 is 9.59 Å². The molecule has 0 bridgehead atoms. The summed E-state index contributed by atoms with van der Waals surface area (Å²) in [5.74, 6) is 0.0516. The molecule has 2 aromatic carbocycles. The second-order valence-corrected chi connectivity index (χ2v) is 7.65. The second-order valence-electron chi connectivity index (χ2n) is 7.65. The molecule has 5 aromatic rings. The molecule has 8 nitrogen and oxygen atoms in total. The molecule has 3 aromatic heterocycles. The Labute approximate surface area is 189 Å². The molecular formula is C25H22N6O2. The Morgan fingerprint density at radius 2 is 1.67 bits per heavy atom. The van der Waals surface area contributed by atoms with Crippen molar-refractivity contribution in [2.24, 2.45) is 0 Å². The molecule has 0 saturated heterocycles. The molecule has 2 amide bonds. The molecule has 0 spiro atoms. The quantitative estimate of drug-likeness (QED) is 0.409. The van der Waals surface area contributed by atoms with Crippen LogP contribution >= 0.6 is 0 Å². The van der Waals surface area contributed by atoms with Crippen LogP contribution in [0, 0.1) is 0 Å². The van der Waals surface area contributed by atoms with Crippen molar-refractivity contribution >= 4 is 28.4 Å². The number of nitrogens with one attached hydrogen (secondary N) is 2. The number of para-hydroxylation sites is 2. The van der Waals surface area contributed by atoms with Crippen LogP contribution in [0.2, 0.25) is 0 Å². The zero-order chi connectivity index (χ0) is 22.6. The minimum atomic E-state index is -0.398. The molecule has 0 saturated carbocycles. The zero-order valence-electron chi connectivity index (χ0n) is 17.8. The van der Waals surface area contributed by atoms with E-state index in [0.717, 1.165) is 27.9 Å². The number of aromatic nitrogens is 4. The standard InChI is InChI=1S/C25H22N6O2/c32-24(16-27-25(33)21-14-19-10-6-7-13-31(19)29-21)26-15-23-28-20-11-4-5-12-22(20)30(23)17-18-8-2-1-3-9-18/h1-14H,15-17H2,(H,26,32)(H,27,33). The average Bonchev–Trinajstić information content (AvgIpc) is 3.44. The number of carbonyl (C=O) groups is 2. The van der Waals surface area contributed by atoms with Crippen LogP contribution < -0.4 is 10.6 Å². The number of fused-ring (bicyclic) bond motifs is 2. The van der Waals surface area contributed by atoms with E-state index in [0.29, 0.717) is 6.54 Å². The molecule has 0 radical (unpaired) electrons. The van der Waals surface area contributed by atoms with Crippen molar-refractivity contribution in [3.8, 4) is 0 Å². The lowest BCUT2D eigenvalue weighted by Crippen LogP contribution is -2.37. The number of carbonyl (C=O) groups excluding carboxylic acids is 2. The fourth-order valence-corrected chi connectivity index (χ4v) is 3.74. The first-order valence-electron chi connectivity index (χ1n) is 10.6. The molecule has 0 unspecified atom stereocenters. The van der Waals surface area contributed by atoms with E-state index >= 15 is 0 Å². The van der Waals surface area contributed by atoms with Crippen LogP contribution in [0.5, 0.6) is 0 Å². The molecule has 3 heterocycles. The maximum Gasteiger partial charge on any atom is 0.272 e. The average molecular weight is 438 g/mol. The smallest absolute Gasteiger partial charge is 0.272 e. The third kappa shape index (κ3) is 4.45. The fourth-order valence-electron chi connectivity index (χ4n) is 3.74. The summed E-state index contributed by atoms with van der Waals surface area (Å²) in [6.07, 6.45) is 1.76. The number of nitrogens with zero attached hydrogens (tertiary/aromatic N) is 4. The van der Waals surface area contributed by atoms with Crippen LogP contribution in [0.3, 0.4) is 0 Å². The minimum absolute atomic E-state index is 0.147. The first kappa shape index (κ1) is 20.4. The molecule has 164 valence electrons. The molecule has 0 aliphatic heterocycles. The number of hydrogen-bond donors (Lipinski definition) is 2. The Balaban J connectivity index is 1.24. The van der Waals surface area contributed by atoms with Crippen LogP contribution in [0.15, 0.2) is 85.1 Å². The van der Waals surface area contributed by atoms with Gasteiger partial charge in [-0.1, -0.05) is 48.5 Å². The minimum Gasteiger partial charge on any atom is -0.347 e. The van der Waals surface area contributed by atoms with Gasteiger partial charge in [0.1, 0.15) is 5.82 Å². The third-order valence-corrected chi connectivity index (χ3v) is 5.37. The van der Waals surface area contributed by atoms with Gasteiger partial charge in [-0.25, -0.2) is 9.50 Å². The van der Waals surface area contributed by atoms with Crippen LogP contribution in [-0.4, -0.2) is 37.5 Å². The van der Waals surface area contributed by atoms with Crippen molar-refractivity contribution in [1.29, 1.82) is 0 Å². The van der Waals surface area contributed by atoms with E-state index in [4.69, 9.17) is 4.98 Å². The van der Waals surface area contributed by atoms with Gasteiger partial charge in [-0.05, 0) is 35.9 Å². The molecule has 0 aliphatic rings. The summed E-state index contributed by atoms with van der Waals surface area (Å²) in [6, 6.07) is 25.2. The van der Waals surface area contributed by atoms with Crippen LogP contribution in [0.25, 0.3) is 16.6 Å². The summed E-state index contributed by atoms with van der Waals surface area (Å²) in [7, 11) is 0. The highest BCUT2D eigenvalue weighted by molar-refractivity contribution is 5.95. The van der Waals surface area contributed by atoms with Gasteiger partial charge in [0.05, 0.1) is 29.6 Å². The number of pyridine rings is 1. The van der Waals surface area contributed by atoms with Crippen molar-refractivity contribution in [1.82, 2.24) is 29.8 Å². The fraction of sp³-hybridized carbons (Fsp3) is 0.120.